The van der Waals surface area contributed by atoms with Crippen molar-refractivity contribution in [2.24, 2.45) is 5.92 Å². The Hall–Kier alpha value is -1.33. The highest BCUT2D eigenvalue weighted by Gasteiger charge is 2.42. The predicted octanol–water partition coefficient (Wildman–Crippen LogP) is 5.21. The average Bonchev–Trinajstić information content (AvgIpc) is 3.36. The van der Waals surface area contributed by atoms with Crippen LogP contribution in [0, 0.1) is 5.92 Å². The normalized spacial score (nSPS) is 26.6. The summed E-state index contributed by atoms with van der Waals surface area (Å²) in [4.78, 5) is 15.7. The molecule has 2 heterocycles. The predicted molar refractivity (Wildman–Crippen MR) is 129 cm³/mol. The number of halogens is 1. The summed E-state index contributed by atoms with van der Waals surface area (Å²) in [6.07, 6.45) is 9.34. The number of nitrogens with zero attached hydrogens (tertiary/aromatic N) is 2. The van der Waals surface area contributed by atoms with Gasteiger partial charge in [0, 0.05) is 47.7 Å². The molecule has 2 fully saturated rings. The van der Waals surface area contributed by atoms with Gasteiger partial charge in [0.2, 0.25) is 5.91 Å². The molecule has 3 atom stereocenters. The maximum Gasteiger partial charge on any atom is 0.224 e. The van der Waals surface area contributed by atoms with Crippen molar-refractivity contribution >= 4 is 33.8 Å². The Morgan fingerprint density at radius 1 is 1.23 bits per heavy atom. The van der Waals surface area contributed by atoms with Gasteiger partial charge in [-0.1, -0.05) is 31.9 Å². The van der Waals surface area contributed by atoms with Crippen molar-refractivity contribution in [2.45, 2.75) is 83.3 Å². The van der Waals surface area contributed by atoms with Gasteiger partial charge in [-0.15, -0.1) is 17.0 Å². The Morgan fingerprint density at radius 2 is 2.00 bits per heavy atom. The number of aromatic nitrogens is 1. The van der Waals surface area contributed by atoms with Gasteiger partial charge in [0.25, 0.3) is 0 Å². The molecule has 1 N–H and O–H groups in total. The molecule has 2 aromatic rings. The number of nitrogens with one attached hydrogen (secondary N) is 1. The van der Waals surface area contributed by atoms with Crippen LogP contribution in [0.1, 0.15) is 76.0 Å². The molecule has 1 aromatic carbocycles. The third-order valence-corrected chi connectivity index (χ3v) is 7.76. The van der Waals surface area contributed by atoms with Gasteiger partial charge >= 0.3 is 0 Å². The Morgan fingerprint density at radius 3 is 2.70 bits per heavy atom. The molecule has 0 radical (unpaired) electrons. The molecule has 1 aromatic heterocycles. The summed E-state index contributed by atoms with van der Waals surface area (Å²) in [6, 6.07) is 8.23. The minimum Gasteiger partial charge on any atom is -0.353 e. The summed E-state index contributed by atoms with van der Waals surface area (Å²) >= 11 is 0. The van der Waals surface area contributed by atoms with Gasteiger partial charge < -0.3 is 9.88 Å². The Bertz CT molecular complexity index is 914. The number of piperidine rings is 1. The van der Waals surface area contributed by atoms with Crippen molar-refractivity contribution in [2.75, 3.05) is 13.1 Å². The fraction of sp³-hybridized carbons (Fsp3) is 0.640. The number of carbonyl (C=O) groups is 1. The maximum atomic E-state index is 13.1. The van der Waals surface area contributed by atoms with E-state index in [1.807, 2.05) is 0 Å². The van der Waals surface area contributed by atoms with Crippen molar-refractivity contribution in [3.05, 3.63) is 35.5 Å². The topological polar surface area (TPSA) is 37.3 Å². The zero-order valence-corrected chi connectivity index (χ0v) is 20.3. The third-order valence-electron chi connectivity index (χ3n) is 7.76. The molecule has 1 saturated heterocycles. The number of hydrogen-bond acceptors (Lipinski definition) is 2. The lowest BCUT2D eigenvalue weighted by Crippen LogP contribution is -2.53. The van der Waals surface area contributed by atoms with Crippen molar-refractivity contribution < 1.29 is 4.79 Å². The second-order valence-electron chi connectivity index (χ2n) is 9.78. The fourth-order valence-electron chi connectivity index (χ4n) is 6.30. The van der Waals surface area contributed by atoms with Crippen molar-refractivity contribution in [3.63, 3.8) is 0 Å². The van der Waals surface area contributed by atoms with E-state index >= 15 is 0 Å². The Labute approximate surface area is 191 Å². The lowest BCUT2D eigenvalue weighted by atomic mass is 9.72. The van der Waals surface area contributed by atoms with E-state index in [1.54, 1.807) is 0 Å². The van der Waals surface area contributed by atoms with Gasteiger partial charge in [0.15, 0.2) is 0 Å². The van der Waals surface area contributed by atoms with Crippen LogP contribution in [0.4, 0.5) is 0 Å². The Kier molecular flexibility index (Phi) is 6.32. The minimum atomic E-state index is 0. The minimum absolute atomic E-state index is 0. The van der Waals surface area contributed by atoms with Gasteiger partial charge in [-0.3, -0.25) is 9.69 Å². The van der Waals surface area contributed by atoms with Crippen LogP contribution in [-0.2, 0) is 11.2 Å². The van der Waals surface area contributed by atoms with Crippen LogP contribution in [-0.4, -0.2) is 40.5 Å². The molecule has 5 rings (SSSR count). The van der Waals surface area contributed by atoms with E-state index in [9.17, 15) is 4.79 Å². The monoisotopic (exact) mass is 473 g/mol. The summed E-state index contributed by atoms with van der Waals surface area (Å²) in [5, 5.41) is 4.85. The number of rotatable bonds is 4. The lowest BCUT2D eigenvalue weighted by molar-refractivity contribution is -0.128. The first-order valence-corrected chi connectivity index (χ1v) is 11.7. The summed E-state index contributed by atoms with van der Waals surface area (Å²) in [6.45, 7) is 8.71. The fourth-order valence-corrected chi connectivity index (χ4v) is 6.30. The molecule has 1 saturated carbocycles. The van der Waals surface area contributed by atoms with Crippen LogP contribution in [0.5, 0.6) is 0 Å². The standard InChI is InChI=1S/C25H35N3O.BrH/c1-4-27-14-18(25(29)26-19-8-5-6-9-19)12-21-20-10-7-11-22-24(20)17(13-23(21)27)15-28(22)16(2)3;/h7,10-11,15-16,18-19,21,23H,4-6,8-9,12-14H2,1-3H3,(H,26,29);1H/t18-,21?,23-;/m1./s1. The van der Waals surface area contributed by atoms with Gasteiger partial charge in [-0.05, 0) is 63.3 Å². The third kappa shape index (κ3) is 3.62. The summed E-state index contributed by atoms with van der Waals surface area (Å²) in [7, 11) is 0. The molecule has 2 aliphatic carbocycles. The molecule has 4 nitrogen and oxygen atoms in total. The van der Waals surface area contributed by atoms with E-state index < -0.39 is 0 Å². The van der Waals surface area contributed by atoms with Crippen molar-refractivity contribution in [3.8, 4) is 0 Å². The van der Waals surface area contributed by atoms with E-state index in [2.05, 4.69) is 60.0 Å². The number of likely N-dealkylation sites (tertiary alicyclic amines) is 1. The summed E-state index contributed by atoms with van der Waals surface area (Å²) in [5.41, 5.74) is 4.34. The summed E-state index contributed by atoms with van der Waals surface area (Å²) in [5.74, 6) is 0.870. The van der Waals surface area contributed by atoms with Crippen molar-refractivity contribution in [1.29, 1.82) is 0 Å². The van der Waals surface area contributed by atoms with Crippen molar-refractivity contribution in [1.82, 2.24) is 14.8 Å². The molecule has 5 heteroatoms. The molecule has 0 spiro atoms. The van der Waals surface area contributed by atoms with Crippen LogP contribution in [0.3, 0.4) is 0 Å². The molecule has 164 valence electrons. The highest BCUT2D eigenvalue weighted by Crippen LogP contribution is 2.45. The SMILES string of the molecule is Br.CCN1C[C@H](C(=O)NC2CCCC2)CC2c3cccc4c3c(cn4C(C)C)C[C@H]21. The van der Waals surface area contributed by atoms with E-state index in [0.29, 0.717) is 30.0 Å². The number of hydrogen-bond donors (Lipinski definition) is 1. The number of carbonyl (C=O) groups excluding carboxylic acids is 1. The van der Waals surface area contributed by atoms with Crippen LogP contribution in [0.2, 0.25) is 0 Å². The summed E-state index contributed by atoms with van der Waals surface area (Å²) < 4.78 is 2.44. The van der Waals surface area contributed by atoms with E-state index in [4.69, 9.17) is 0 Å². The molecule has 0 bridgehead atoms. The first kappa shape index (κ1) is 21.9. The molecule has 3 aliphatic rings. The number of benzene rings is 1. The second kappa shape index (κ2) is 8.66. The van der Waals surface area contributed by atoms with Gasteiger partial charge in [0.05, 0.1) is 5.92 Å². The quantitative estimate of drug-likeness (QED) is 0.661. The van der Waals surface area contributed by atoms with Gasteiger partial charge in [-0.2, -0.15) is 0 Å². The second-order valence-corrected chi connectivity index (χ2v) is 9.78. The zero-order valence-electron chi connectivity index (χ0n) is 18.6. The van der Waals surface area contributed by atoms with E-state index in [-0.39, 0.29) is 22.9 Å². The molecule has 1 amide bonds. The highest BCUT2D eigenvalue weighted by atomic mass is 79.9. The number of fused-ring (bicyclic) bond motifs is 2. The number of likely N-dealkylation sites (N-methyl/N-ethyl adjacent to an activating group) is 1. The van der Waals surface area contributed by atoms with Crippen LogP contribution < -0.4 is 5.32 Å². The molecule has 1 aliphatic heterocycles. The Balaban J connectivity index is 0.00000218. The smallest absolute Gasteiger partial charge is 0.224 e. The van der Waals surface area contributed by atoms with E-state index in [1.165, 1.54) is 34.9 Å². The first-order chi connectivity index (χ1) is 14.1. The molecular weight excluding hydrogens is 438 g/mol. The van der Waals surface area contributed by atoms with Gasteiger partial charge in [-0.25, -0.2) is 0 Å². The van der Waals surface area contributed by atoms with E-state index in [0.717, 1.165) is 38.8 Å². The molecule has 1 unspecified atom stereocenters. The highest BCUT2D eigenvalue weighted by molar-refractivity contribution is 8.93. The molecule has 30 heavy (non-hydrogen) atoms. The largest absolute Gasteiger partial charge is 0.353 e. The lowest BCUT2D eigenvalue weighted by Gasteiger charge is -2.46. The zero-order chi connectivity index (χ0) is 20.1. The van der Waals surface area contributed by atoms with Crippen LogP contribution in [0.15, 0.2) is 24.4 Å². The van der Waals surface area contributed by atoms with Crippen LogP contribution >= 0.6 is 17.0 Å². The first-order valence-electron chi connectivity index (χ1n) is 11.7. The van der Waals surface area contributed by atoms with Gasteiger partial charge in [0.1, 0.15) is 0 Å². The average molecular weight is 474 g/mol. The molecular formula is C25H36BrN3O. The number of amides is 1. The maximum absolute atomic E-state index is 13.1. The van der Waals surface area contributed by atoms with Crippen LogP contribution in [0.25, 0.3) is 10.9 Å².